The van der Waals surface area contributed by atoms with Gasteiger partial charge in [-0.05, 0) is 18.9 Å². The summed E-state index contributed by atoms with van der Waals surface area (Å²) in [6, 6.07) is 0.0173. The molecular weight excluding hydrogens is 124 g/mol. The highest BCUT2D eigenvalue weighted by Gasteiger charge is 2.16. The van der Waals surface area contributed by atoms with Gasteiger partial charge < -0.3 is 11.5 Å². The Hall–Kier alpha value is -0.760. The number of nitrogens with two attached hydrogens (primary N) is 2. The molecule has 0 aromatic carbocycles. The first-order valence-electron chi connectivity index (χ1n) is 3.52. The summed E-state index contributed by atoms with van der Waals surface area (Å²) in [5.41, 5.74) is 13.4. The minimum absolute atomic E-state index is 0.0173. The highest BCUT2D eigenvalue weighted by Crippen LogP contribution is 2.17. The van der Waals surface area contributed by atoms with Gasteiger partial charge in [-0.25, -0.2) is 0 Å². The number of hydrogen-bond donors (Lipinski definition) is 2. The van der Waals surface area contributed by atoms with Crippen LogP contribution in [0, 0.1) is 5.92 Å². The van der Waals surface area contributed by atoms with E-state index in [4.69, 9.17) is 11.5 Å². The van der Waals surface area contributed by atoms with Crippen LogP contribution in [0.2, 0.25) is 0 Å². The first-order valence-corrected chi connectivity index (χ1v) is 3.52. The summed E-state index contributed by atoms with van der Waals surface area (Å²) in [4.78, 5) is 0. The molecule has 0 saturated heterocycles. The maximum atomic E-state index is 5.75. The minimum atomic E-state index is 0.0173. The zero-order valence-corrected chi connectivity index (χ0v) is 6.46. The molecule has 0 saturated carbocycles. The topological polar surface area (TPSA) is 52.0 Å². The molecule has 0 spiro atoms. The summed E-state index contributed by atoms with van der Waals surface area (Å²) < 4.78 is 0. The van der Waals surface area contributed by atoms with Crippen LogP contribution in [-0.4, -0.2) is 6.04 Å². The monoisotopic (exact) mass is 138 g/mol. The maximum absolute atomic E-state index is 5.75. The highest BCUT2D eigenvalue weighted by atomic mass is 14.8. The second-order valence-electron chi connectivity index (χ2n) is 2.94. The van der Waals surface area contributed by atoms with E-state index in [2.05, 4.69) is 13.0 Å². The second-order valence-corrected chi connectivity index (χ2v) is 2.94. The molecule has 2 unspecified atom stereocenters. The number of hydrogen-bond acceptors (Lipinski definition) is 2. The van der Waals surface area contributed by atoms with E-state index in [1.54, 1.807) is 0 Å². The van der Waals surface area contributed by atoms with Crippen molar-refractivity contribution >= 4 is 0 Å². The van der Waals surface area contributed by atoms with Gasteiger partial charge in [0.1, 0.15) is 0 Å². The second kappa shape index (κ2) is 2.46. The summed E-state index contributed by atoms with van der Waals surface area (Å²) in [7, 11) is 0. The maximum Gasteiger partial charge on any atom is 0.0503 e. The van der Waals surface area contributed by atoms with E-state index in [0.717, 1.165) is 5.70 Å². The van der Waals surface area contributed by atoms with Gasteiger partial charge in [0.05, 0.1) is 6.04 Å². The number of allylic oxidation sites excluding steroid dienone is 2. The van der Waals surface area contributed by atoms with Crippen molar-refractivity contribution in [2.45, 2.75) is 19.9 Å². The zero-order valence-electron chi connectivity index (χ0n) is 6.46. The van der Waals surface area contributed by atoms with E-state index < -0.39 is 0 Å². The predicted octanol–water partition coefficient (Wildman–Crippen LogP) is 0.752. The zero-order chi connectivity index (χ0) is 7.72. The van der Waals surface area contributed by atoms with E-state index in [9.17, 15) is 0 Å². The Morgan fingerprint density at radius 3 is 2.60 bits per heavy atom. The van der Waals surface area contributed by atoms with Crippen LogP contribution in [0.5, 0.6) is 0 Å². The molecule has 0 amide bonds. The Bertz CT molecular complexity index is 191. The summed E-state index contributed by atoms with van der Waals surface area (Å²) in [6.07, 6.45) is 4.08. The summed E-state index contributed by atoms with van der Waals surface area (Å²) in [5, 5.41) is 0. The summed E-state index contributed by atoms with van der Waals surface area (Å²) >= 11 is 0. The average molecular weight is 138 g/mol. The van der Waals surface area contributed by atoms with Gasteiger partial charge in [-0.1, -0.05) is 18.6 Å². The fourth-order valence-electron chi connectivity index (χ4n) is 1.23. The molecule has 2 nitrogen and oxygen atoms in total. The SMILES string of the molecule is CC1=CC(C)C(N)C(N)=C1. The largest absolute Gasteiger partial charge is 0.401 e. The van der Waals surface area contributed by atoms with Crippen molar-refractivity contribution in [3.05, 3.63) is 23.4 Å². The first kappa shape index (κ1) is 7.35. The molecule has 0 aromatic rings. The van der Waals surface area contributed by atoms with Crippen LogP contribution < -0.4 is 11.5 Å². The van der Waals surface area contributed by atoms with Gasteiger partial charge in [0.2, 0.25) is 0 Å². The van der Waals surface area contributed by atoms with Gasteiger partial charge in [0.25, 0.3) is 0 Å². The Kier molecular flexibility index (Phi) is 1.81. The van der Waals surface area contributed by atoms with Crippen molar-refractivity contribution in [3.8, 4) is 0 Å². The van der Waals surface area contributed by atoms with Crippen LogP contribution >= 0.6 is 0 Å². The van der Waals surface area contributed by atoms with E-state index in [-0.39, 0.29) is 6.04 Å². The van der Waals surface area contributed by atoms with E-state index in [1.165, 1.54) is 5.57 Å². The smallest absolute Gasteiger partial charge is 0.0503 e. The Morgan fingerprint density at radius 1 is 1.50 bits per heavy atom. The Labute approximate surface area is 61.6 Å². The third kappa shape index (κ3) is 1.21. The number of rotatable bonds is 0. The van der Waals surface area contributed by atoms with Crippen molar-refractivity contribution in [2.75, 3.05) is 0 Å². The molecule has 0 radical (unpaired) electrons. The highest BCUT2D eigenvalue weighted by molar-refractivity contribution is 5.29. The van der Waals surface area contributed by atoms with Crippen LogP contribution in [0.25, 0.3) is 0 Å². The van der Waals surface area contributed by atoms with Gasteiger partial charge in [-0.3, -0.25) is 0 Å². The predicted molar refractivity (Wildman–Crippen MR) is 43.2 cm³/mol. The molecule has 0 aromatic heterocycles. The van der Waals surface area contributed by atoms with Crippen LogP contribution in [0.3, 0.4) is 0 Å². The fraction of sp³-hybridized carbons (Fsp3) is 0.500. The molecule has 2 atom stereocenters. The summed E-state index contributed by atoms with van der Waals surface area (Å²) in [6.45, 7) is 4.11. The van der Waals surface area contributed by atoms with Crippen molar-refractivity contribution in [1.82, 2.24) is 0 Å². The lowest BCUT2D eigenvalue weighted by atomic mass is 9.92. The van der Waals surface area contributed by atoms with Crippen molar-refractivity contribution in [2.24, 2.45) is 17.4 Å². The third-order valence-electron chi connectivity index (χ3n) is 1.87. The molecule has 0 fully saturated rings. The van der Waals surface area contributed by atoms with Crippen LogP contribution in [0.4, 0.5) is 0 Å². The fourth-order valence-corrected chi connectivity index (χ4v) is 1.23. The minimum Gasteiger partial charge on any atom is -0.401 e. The van der Waals surface area contributed by atoms with E-state index in [1.807, 2.05) is 13.0 Å². The normalized spacial score (nSPS) is 33.1. The molecular formula is C8H14N2. The molecule has 0 aliphatic heterocycles. The van der Waals surface area contributed by atoms with Crippen LogP contribution in [0.15, 0.2) is 23.4 Å². The van der Waals surface area contributed by atoms with Crippen LogP contribution in [-0.2, 0) is 0 Å². The molecule has 1 aliphatic carbocycles. The van der Waals surface area contributed by atoms with E-state index in [0.29, 0.717) is 5.92 Å². The molecule has 0 heterocycles. The lowest BCUT2D eigenvalue weighted by molar-refractivity contribution is 0.587. The van der Waals surface area contributed by atoms with Gasteiger partial charge in [-0.15, -0.1) is 0 Å². The standard InChI is InChI=1S/C8H14N2/c1-5-3-6(2)8(10)7(9)4-5/h3-4,6,8H,9-10H2,1-2H3. The lowest BCUT2D eigenvalue weighted by Crippen LogP contribution is -2.35. The molecule has 56 valence electrons. The van der Waals surface area contributed by atoms with Crippen molar-refractivity contribution in [1.29, 1.82) is 0 Å². The van der Waals surface area contributed by atoms with Crippen LogP contribution in [0.1, 0.15) is 13.8 Å². The molecule has 1 aliphatic rings. The molecule has 10 heavy (non-hydrogen) atoms. The van der Waals surface area contributed by atoms with E-state index >= 15 is 0 Å². The van der Waals surface area contributed by atoms with Gasteiger partial charge in [0, 0.05) is 5.70 Å². The lowest BCUT2D eigenvalue weighted by Gasteiger charge is -2.21. The van der Waals surface area contributed by atoms with Gasteiger partial charge >= 0.3 is 0 Å². The first-order chi connectivity index (χ1) is 4.61. The third-order valence-corrected chi connectivity index (χ3v) is 1.87. The van der Waals surface area contributed by atoms with Crippen molar-refractivity contribution < 1.29 is 0 Å². The molecule has 2 heteroatoms. The average Bonchev–Trinajstić information content (AvgIpc) is 1.82. The van der Waals surface area contributed by atoms with Crippen molar-refractivity contribution in [3.63, 3.8) is 0 Å². The summed E-state index contributed by atoms with van der Waals surface area (Å²) in [5.74, 6) is 0.380. The Morgan fingerprint density at radius 2 is 2.10 bits per heavy atom. The Balaban J connectivity index is 2.85. The quantitative estimate of drug-likeness (QED) is 0.519. The molecule has 0 bridgehead atoms. The van der Waals surface area contributed by atoms with Gasteiger partial charge in [-0.2, -0.15) is 0 Å². The van der Waals surface area contributed by atoms with Gasteiger partial charge in [0.15, 0.2) is 0 Å². The molecule has 4 N–H and O–H groups in total. The molecule has 1 rings (SSSR count).